The Morgan fingerprint density at radius 1 is 1.33 bits per heavy atom. The Hall–Kier alpha value is -1.14. The van der Waals surface area contributed by atoms with Crippen molar-refractivity contribution in [2.75, 3.05) is 0 Å². The highest BCUT2D eigenvalue weighted by Crippen LogP contribution is 2.32. The predicted octanol–water partition coefficient (Wildman–Crippen LogP) is 0.817. The number of amides is 1. The maximum absolute atomic E-state index is 11.9. The van der Waals surface area contributed by atoms with Gasteiger partial charge >= 0.3 is 0 Å². The summed E-state index contributed by atoms with van der Waals surface area (Å²) in [5.74, 6) is -3.20. The van der Waals surface area contributed by atoms with Gasteiger partial charge in [0, 0.05) is 11.1 Å². The van der Waals surface area contributed by atoms with Crippen molar-refractivity contribution in [2.45, 2.75) is 31.7 Å². The Kier molecular flexibility index (Phi) is 3.33. The summed E-state index contributed by atoms with van der Waals surface area (Å²) in [5, 5.41) is 21.6. The Labute approximate surface area is 110 Å². The molecule has 1 aliphatic heterocycles. The van der Waals surface area contributed by atoms with Crippen LogP contribution in [0.4, 0.5) is 0 Å². The molecule has 1 amide bonds. The van der Waals surface area contributed by atoms with Gasteiger partial charge in [0.05, 0.1) is 0 Å². The zero-order valence-electron chi connectivity index (χ0n) is 10.1. The maximum Gasteiger partial charge on any atom is 0.299 e. The molecular weight excluding hydrogens is 256 g/mol. The average molecular weight is 271 g/mol. The monoisotopic (exact) mass is 270 g/mol. The minimum atomic E-state index is -2.45. The first-order valence-corrected chi connectivity index (χ1v) is 6.02. The van der Waals surface area contributed by atoms with E-state index in [0.717, 1.165) is 0 Å². The summed E-state index contributed by atoms with van der Waals surface area (Å²) in [5.41, 5.74) is 3.39. The Balaban J connectivity index is 2.34. The standard InChI is InChI=1S/C12H15ClN2O3/c1-7(2)15-11(16)12(17,18)10(14-15)8-3-5-9(13)6-4-8/h3-7,10,14,17-18H,1-2H3. The van der Waals surface area contributed by atoms with E-state index in [1.807, 2.05) is 0 Å². The van der Waals surface area contributed by atoms with Gasteiger partial charge in [-0.1, -0.05) is 23.7 Å². The highest BCUT2D eigenvalue weighted by atomic mass is 35.5. The Bertz CT molecular complexity index is 459. The summed E-state index contributed by atoms with van der Waals surface area (Å²) >= 11 is 5.77. The lowest BCUT2D eigenvalue weighted by Gasteiger charge is -2.21. The summed E-state index contributed by atoms with van der Waals surface area (Å²) < 4.78 is 0. The molecule has 1 aromatic rings. The third-order valence-corrected chi connectivity index (χ3v) is 3.18. The molecule has 0 saturated carbocycles. The van der Waals surface area contributed by atoms with Crippen molar-refractivity contribution < 1.29 is 15.0 Å². The van der Waals surface area contributed by atoms with E-state index in [-0.39, 0.29) is 6.04 Å². The number of hydrogen-bond donors (Lipinski definition) is 3. The number of nitrogens with one attached hydrogen (secondary N) is 1. The minimum Gasteiger partial charge on any atom is -0.357 e. The summed E-state index contributed by atoms with van der Waals surface area (Å²) in [7, 11) is 0. The summed E-state index contributed by atoms with van der Waals surface area (Å²) in [6, 6.07) is 5.50. The second-order valence-electron chi connectivity index (χ2n) is 4.61. The smallest absolute Gasteiger partial charge is 0.299 e. The van der Waals surface area contributed by atoms with Crippen LogP contribution in [0.1, 0.15) is 25.5 Å². The zero-order valence-corrected chi connectivity index (χ0v) is 10.8. The van der Waals surface area contributed by atoms with Crippen LogP contribution in [-0.2, 0) is 4.79 Å². The lowest BCUT2D eigenvalue weighted by atomic mass is 10.00. The van der Waals surface area contributed by atoms with E-state index >= 15 is 0 Å². The number of halogens is 1. The first-order chi connectivity index (χ1) is 8.34. The van der Waals surface area contributed by atoms with Gasteiger partial charge in [0.2, 0.25) is 0 Å². The lowest BCUT2D eigenvalue weighted by Crippen LogP contribution is -2.44. The van der Waals surface area contributed by atoms with Crippen molar-refractivity contribution in [1.29, 1.82) is 0 Å². The molecule has 3 N–H and O–H groups in total. The minimum absolute atomic E-state index is 0.173. The van der Waals surface area contributed by atoms with Crippen LogP contribution >= 0.6 is 11.6 Å². The molecule has 18 heavy (non-hydrogen) atoms. The fraction of sp³-hybridized carbons (Fsp3) is 0.417. The molecule has 1 saturated heterocycles. The van der Waals surface area contributed by atoms with Crippen molar-refractivity contribution in [3.63, 3.8) is 0 Å². The van der Waals surface area contributed by atoms with Crippen molar-refractivity contribution in [2.24, 2.45) is 0 Å². The molecule has 1 aliphatic rings. The molecule has 2 rings (SSSR count). The first-order valence-electron chi connectivity index (χ1n) is 5.64. The van der Waals surface area contributed by atoms with Gasteiger partial charge in [-0.2, -0.15) is 0 Å². The highest BCUT2D eigenvalue weighted by Gasteiger charge is 2.53. The molecule has 0 aromatic heterocycles. The molecule has 0 radical (unpaired) electrons. The number of nitrogens with zero attached hydrogens (tertiary/aromatic N) is 1. The van der Waals surface area contributed by atoms with Gasteiger partial charge < -0.3 is 10.2 Å². The second-order valence-corrected chi connectivity index (χ2v) is 5.05. The third kappa shape index (κ3) is 2.10. The van der Waals surface area contributed by atoms with E-state index in [4.69, 9.17) is 11.6 Å². The molecule has 6 heteroatoms. The molecule has 0 bridgehead atoms. The van der Waals surface area contributed by atoms with Crippen LogP contribution < -0.4 is 5.43 Å². The number of carbonyl (C=O) groups is 1. The predicted molar refractivity (Wildman–Crippen MR) is 66.5 cm³/mol. The van der Waals surface area contributed by atoms with Crippen LogP contribution in [0.3, 0.4) is 0 Å². The lowest BCUT2D eigenvalue weighted by molar-refractivity contribution is -0.187. The number of hydrazine groups is 1. The van der Waals surface area contributed by atoms with E-state index in [9.17, 15) is 15.0 Å². The molecule has 5 nitrogen and oxygen atoms in total. The SMILES string of the molecule is CC(C)N1NC(c2ccc(Cl)cc2)C(O)(O)C1=O. The number of benzene rings is 1. The molecule has 0 spiro atoms. The van der Waals surface area contributed by atoms with Crippen LogP contribution in [0.5, 0.6) is 0 Å². The first kappa shape index (κ1) is 13.3. The van der Waals surface area contributed by atoms with Gasteiger partial charge in [0.1, 0.15) is 6.04 Å². The fourth-order valence-corrected chi connectivity index (χ4v) is 2.06. The Morgan fingerprint density at radius 3 is 2.33 bits per heavy atom. The van der Waals surface area contributed by atoms with E-state index in [1.165, 1.54) is 5.01 Å². The van der Waals surface area contributed by atoms with E-state index in [2.05, 4.69) is 5.43 Å². The zero-order chi connectivity index (χ0) is 13.5. The summed E-state index contributed by atoms with van der Waals surface area (Å²) in [4.78, 5) is 11.9. The normalized spacial score (nSPS) is 22.9. The third-order valence-electron chi connectivity index (χ3n) is 2.92. The molecule has 1 atom stereocenters. The number of rotatable bonds is 2. The summed E-state index contributed by atoms with van der Waals surface area (Å²) in [6.07, 6.45) is 0. The highest BCUT2D eigenvalue weighted by molar-refractivity contribution is 6.30. The van der Waals surface area contributed by atoms with E-state index in [0.29, 0.717) is 10.6 Å². The van der Waals surface area contributed by atoms with Crippen LogP contribution in [0.2, 0.25) is 5.02 Å². The van der Waals surface area contributed by atoms with Crippen LogP contribution in [0.25, 0.3) is 0 Å². The van der Waals surface area contributed by atoms with Crippen molar-refractivity contribution in [3.05, 3.63) is 34.9 Å². The number of carbonyl (C=O) groups excluding carboxylic acids is 1. The molecule has 1 heterocycles. The maximum atomic E-state index is 11.9. The number of hydrogen-bond acceptors (Lipinski definition) is 4. The van der Waals surface area contributed by atoms with Crippen LogP contribution in [0, 0.1) is 0 Å². The van der Waals surface area contributed by atoms with Gasteiger partial charge in [0.15, 0.2) is 0 Å². The van der Waals surface area contributed by atoms with E-state index < -0.39 is 17.7 Å². The fourth-order valence-electron chi connectivity index (χ4n) is 1.93. The molecule has 98 valence electrons. The van der Waals surface area contributed by atoms with Gasteiger partial charge in [-0.15, -0.1) is 0 Å². The quantitative estimate of drug-likeness (QED) is 0.696. The van der Waals surface area contributed by atoms with Crippen molar-refractivity contribution in [3.8, 4) is 0 Å². The van der Waals surface area contributed by atoms with Gasteiger partial charge in [-0.05, 0) is 31.5 Å². The Morgan fingerprint density at radius 2 is 1.89 bits per heavy atom. The van der Waals surface area contributed by atoms with Crippen molar-refractivity contribution >= 4 is 17.5 Å². The average Bonchev–Trinajstić information content (AvgIpc) is 2.53. The molecular formula is C12H15ClN2O3. The van der Waals surface area contributed by atoms with Gasteiger partial charge in [0.25, 0.3) is 11.7 Å². The topological polar surface area (TPSA) is 72.8 Å². The molecule has 1 unspecified atom stereocenters. The van der Waals surface area contributed by atoms with Crippen molar-refractivity contribution in [1.82, 2.24) is 10.4 Å². The number of aliphatic hydroxyl groups is 2. The molecule has 1 aromatic carbocycles. The van der Waals surface area contributed by atoms with Crippen LogP contribution in [0.15, 0.2) is 24.3 Å². The largest absolute Gasteiger partial charge is 0.357 e. The molecule has 1 fully saturated rings. The second kappa shape index (κ2) is 4.51. The summed E-state index contributed by atoms with van der Waals surface area (Å²) in [6.45, 7) is 3.57. The van der Waals surface area contributed by atoms with Crippen LogP contribution in [-0.4, -0.2) is 33.0 Å². The van der Waals surface area contributed by atoms with Gasteiger partial charge in [-0.25, -0.2) is 5.43 Å². The van der Waals surface area contributed by atoms with E-state index in [1.54, 1.807) is 38.1 Å². The molecule has 0 aliphatic carbocycles. The van der Waals surface area contributed by atoms with Gasteiger partial charge in [-0.3, -0.25) is 9.80 Å².